The van der Waals surface area contributed by atoms with Crippen molar-refractivity contribution in [3.8, 4) is 5.75 Å². The van der Waals surface area contributed by atoms with E-state index in [-0.39, 0.29) is 40.8 Å². The third-order valence-electron chi connectivity index (χ3n) is 12.6. The number of halogens is 2. The topological polar surface area (TPSA) is 199 Å². The van der Waals surface area contributed by atoms with Gasteiger partial charge in [0, 0.05) is 87.1 Å². The van der Waals surface area contributed by atoms with Crippen LogP contribution in [0.15, 0.2) is 67.0 Å². The number of nitrogens with zero attached hydrogens (tertiary/aromatic N) is 6. The molecule has 4 aromatic rings. The van der Waals surface area contributed by atoms with Gasteiger partial charge in [0.05, 0.1) is 34.5 Å². The van der Waals surface area contributed by atoms with Crippen molar-refractivity contribution in [1.29, 1.82) is 0 Å². The molecular weight excluding hydrogens is 871 g/mol. The van der Waals surface area contributed by atoms with Gasteiger partial charge in [-0.05, 0) is 81.6 Å². The fourth-order valence-electron chi connectivity index (χ4n) is 9.07. The number of aromatic nitrogens is 2. The summed E-state index contributed by atoms with van der Waals surface area (Å²) in [4.78, 5) is 93.1. The fraction of sp³-hybridized carbons (Fsp3) is 0.404. The monoisotopic (exact) mass is 922 g/mol. The van der Waals surface area contributed by atoms with Gasteiger partial charge in [0.15, 0.2) is 0 Å². The number of piperazine rings is 1. The van der Waals surface area contributed by atoms with Gasteiger partial charge in [-0.3, -0.25) is 48.8 Å². The summed E-state index contributed by atoms with van der Waals surface area (Å²) in [5, 5.41) is 12.1. The van der Waals surface area contributed by atoms with E-state index in [0.29, 0.717) is 78.2 Å². The molecule has 66 heavy (non-hydrogen) atoms. The maximum Gasteiger partial charge on any atom is 0.264 e. The number of hydrogen-bond donors (Lipinski definition) is 4. The minimum Gasteiger partial charge on any atom is -0.494 e. The molecule has 19 heteroatoms. The number of fused-ring (bicyclic) bond motifs is 2. The van der Waals surface area contributed by atoms with E-state index < -0.39 is 35.5 Å². The van der Waals surface area contributed by atoms with Gasteiger partial charge in [-0.15, -0.1) is 0 Å². The third kappa shape index (κ3) is 10.5. The number of unbranched alkanes of at least 4 members (excludes halogenated alkanes) is 2. The zero-order valence-electron chi connectivity index (χ0n) is 36.6. The number of carbonyl (C=O) groups is 6. The SMILES string of the molecule is COc1cc2ncnc(Nc3ccc(F)c(Cl)c3)c2cc1NC(=O)/C=C/CN1CCC(N2CCN(C(=O)CCCCCNc3cccc4c3C(=O)N(C3CCC(=O)NC3=O)C4=O)CC2)CC1. The molecule has 3 aromatic carbocycles. The first kappa shape index (κ1) is 46.0. The summed E-state index contributed by atoms with van der Waals surface area (Å²) in [6.45, 7) is 6.08. The molecule has 0 radical (unpaired) electrons. The second kappa shape index (κ2) is 20.8. The van der Waals surface area contributed by atoms with Crippen LogP contribution in [0.1, 0.15) is 72.1 Å². The molecule has 5 heterocycles. The Kier molecular flexibility index (Phi) is 14.5. The lowest BCUT2D eigenvalue weighted by Gasteiger charge is -2.42. The van der Waals surface area contributed by atoms with E-state index in [4.69, 9.17) is 16.3 Å². The quantitative estimate of drug-likeness (QED) is 0.0638. The van der Waals surface area contributed by atoms with Gasteiger partial charge in [0.1, 0.15) is 29.8 Å². The molecule has 346 valence electrons. The summed E-state index contributed by atoms with van der Waals surface area (Å²) in [6.07, 6.45) is 9.74. The van der Waals surface area contributed by atoms with Crippen molar-refractivity contribution in [3.05, 3.63) is 89.0 Å². The van der Waals surface area contributed by atoms with Gasteiger partial charge in [-0.25, -0.2) is 14.4 Å². The van der Waals surface area contributed by atoms with Gasteiger partial charge < -0.3 is 25.6 Å². The Morgan fingerprint density at radius 3 is 2.48 bits per heavy atom. The highest BCUT2D eigenvalue weighted by atomic mass is 35.5. The number of amides is 6. The Bertz CT molecular complexity index is 2560. The number of hydrogen-bond acceptors (Lipinski definition) is 13. The Hall–Kier alpha value is -6.50. The van der Waals surface area contributed by atoms with Crippen LogP contribution in [0, 0.1) is 5.82 Å². The fourth-order valence-corrected chi connectivity index (χ4v) is 9.25. The number of ether oxygens (including phenoxy) is 1. The molecular formula is C47H52ClFN10O7. The van der Waals surface area contributed by atoms with Gasteiger partial charge in [-0.1, -0.05) is 30.2 Å². The summed E-state index contributed by atoms with van der Waals surface area (Å²) in [6, 6.07) is 12.2. The van der Waals surface area contributed by atoms with Crippen LogP contribution in [0.5, 0.6) is 5.75 Å². The first-order chi connectivity index (χ1) is 32.0. The highest BCUT2D eigenvalue weighted by molar-refractivity contribution is 6.31. The molecule has 17 nitrogen and oxygen atoms in total. The van der Waals surface area contributed by atoms with E-state index in [0.717, 1.165) is 63.2 Å². The van der Waals surface area contributed by atoms with Gasteiger partial charge >= 0.3 is 0 Å². The third-order valence-corrected chi connectivity index (χ3v) is 12.9. The Balaban J connectivity index is 0.720. The molecule has 0 bridgehead atoms. The van der Waals surface area contributed by atoms with Crippen LogP contribution in [-0.4, -0.2) is 137 Å². The lowest BCUT2D eigenvalue weighted by molar-refractivity contribution is -0.136. The predicted octanol–water partition coefficient (Wildman–Crippen LogP) is 5.35. The molecule has 1 unspecified atom stereocenters. The molecule has 0 spiro atoms. The maximum absolute atomic E-state index is 13.7. The van der Waals surface area contributed by atoms with Gasteiger partial charge in [0.2, 0.25) is 23.6 Å². The van der Waals surface area contributed by atoms with Crippen LogP contribution >= 0.6 is 11.6 Å². The lowest BCUT2D eigenvalue weighted by atomic mass is 10.0. The van der Waals surface area contributed by atoms with Crippen LogP contribution in [-0.2, 0) is 19.2 Å². The molecule has 8 rings (SSSR count). The summed E-state index contributed by atoms with van der Waals surface area (Å²) in [5.41, 5.74) is 2.56. The van der Waals surface area contributed by atoms with E-state index in [1.54, 1.807) is 36.4 Å². The number of benzene rings is 3. The first-order valence-corrected chi connectivity index (χ1v) is 22.7. The van der Waals surface area contributed by atoms with E-state index in [1.165, 1.54) is 31.6 Å². The second-order valence-electron chi connectivity index (χ2n) is 16.8. The molecule has 4 aliphatic heterocycles. The zero-order chi connectivity index (χ0) is 46.3. The number of imide groups is 2. The molecule has 6 amide bonds. The molecule has 0 saturated carbocycles. The van der Waals surface area contributed by atoms with Crippen molar-refractivity contribution in [1.82, 2.24) is 34.9 Å². The lowest BCUT2D eigenvalue weighted by Crippen LogP contribution is -2.54. The number of methoxy groups -OCH3 is 1. The highest BCUT2D eigenvalue weighted by Gasteiger charge is 2.45. The minimum absolute atomic E-state index is 0.0251. The van der Waals surface area contributed by atoms with Crippen molar-refractivity contribution < 1.29 is 37.9 Å². The molecule has 0 aliphatic carbocycles. The van der Waals surface area contributed by atoms with Gasteiger partial charge in [-0.2, -0.15) is 0 Å². The molecule has 1 atom stereocenters. The van der Waals surface area contributed by atoms with Crippen LogP contribution in [0.3, 0.4) is 0 Å². The largest absolute Gasteiger partial charge is 0.494 e. The predicted molar refractivity (Wildman–Crippen MR) is 246 cm³/mol. The number of nitrogens with one attached hydrogen (secondary N) is 4. The van der Waals surface area contributed by atoms with Crippen molar-refractivity contribution in [2.75, 3.05) is 75.4 Å². The first-order valence-electron chi connectivity index (χ1n) is 22.3. The molecule has 1 aromatic heterocycles. The minimum atomic E-state index is -1.02. The smallest absolute Gasteiger partial charge is 0.264 e. The molecule has 3 saturated heterocycles. The van der Waals surface area contributed by atoms with Crippen LogP contribution in [0.4, 0.5) is 27.3 Å². The second-order valence-corrected chi connectivity index (χ2v) is 17.2. The van der Waals surface area contributed by atoms with Crippen LogP contribution in [0.25, 0.3) is 10.9 Å². The van der Waals surface area contributed by atoms with Crippen LogP contribution < -0.4 is 26.0 Å². The summed E-state index contributed by atoms with van der Waals surface area (Å²) in [5.74, 6) is -1.94. The van der Waals surface area contributed by atoms with E-state index in [2.05, 4.69) is 41.0 Å². The summed E-state index contributed by atoms with van der Waals surface area (Å²) in [7, 11) is 1.52. The number of rotatable bonds is 16. The Morgan fingerprint density at radius 2 is 1.73 bits per heavy atom. The summed E-state index contributed by atoms with van der Waals surface area (Å²) < 4.78 is 19.3. The van der Waals surface area contributed by atoms with Crippen LogP contribution in [0.2, 0.25) is 5.02 Å². The van der Waals surface area contributed by atoms with Gasteiger partial charge in [0.25, 0.3) is 11.8 Å². The summed E-state index contributed by atoms with van der Waals surface area (Å²) >= 11 is 5.97. The molecule has 4 N–H and O–H groups in total. The number of piperidine rings is 2. The maximum atomic E-state index is 13.7. The Morgan fingerprint density at radius 1 is 0.924 bits per heavy atom. The average molecular weight is 923 g/mol. The zero-order valence-corrected chi connectivity index (χ0v) is 37.4. The number of anilines is 4. The molecule has 4 aliphatic rings. The van der Waals surface area contributed by atoms with Crippen molar-refractivity contribution in [2.45, 2.75) is 63.5 Å². The molecule has 3 fully saturated rings. The van der Waals surface area contributed by atoms with Crippen molar-refractivity contribution in [2.24, 2.45) is 0 Å². The standard InChI is InChI=1S/C47H52ClFN10O7/c1-66-39-27-36-32(44(52-28-51-36)53-29-11-12-34(49)33(48)25-29)26-37(39)54-40(60)9-6-18-56-19-15-30(16-20-56)57-21-23-58(24-22-57)42(62)10-3-2-4-17-50-35-8-5-7-31-43(35)47(65)59(46(31)64)38-13-14-41(61)55-45(38)63/h5-9,11-12,25-28,30,38,50H,2-4,10,13-24H2,1H3,(H,54,60)(H,51,52,53)(H,55,61,63)/b9-6+. The highest BCUT2D eigenvalue weighted by Crippen LogP contribution is 2.35. The Labute approximate surface area is 386 Å². The van der Waals surface area contributed by atoms with E-state index >= 15 is 0 Å². The average Bonchev–Trinajstić information content (AvgIpc) is 3.57. The van der Waals surface area contributed by atoms with E-state index in [1.807, 2.05) is 11.0 Å². The number of likely N-dealkylation sites (tertiary alicyclic amines) is 1. The van der Waals surface area contributed by atoms with Crippen molar-refractivity contribution in [3.63, 3.8) is 0 Å². The normalized spacial score (nSPS) is 18.5. The van der Waals surface area contributed by atoms with E-state index in [9.17, 15) is 33.2 Å². The number of carbonyl (C=O) groups excluding carboxylic acids is 6. The van der Waals surface area contributed by atoms with Crippen molar-refractivity contribution >= 4 is 80.8 Å².